The highest BCUT2D eigenvalue weighted by molar-refractivity contribution is 5.77. The Morgan fingerprint density at radius 3 is 2.55 bits per heavy atom. The summed E-state index contributed by atoms with van der Waals surface area (Å²) in [6.45, 7) is 5.40. The Bertz CT molecular complexity index is 1060. The number of aromatic nitrogens is 2. The maximum atomic E-state index is 5.93. The second-order valence-corrected chi connectivity index (χ2v) is 7.13. The second kappa shape index (κ2) is 8.78. The van der Waals surface area contributed by atoms with Crippen LogP contribution in [0, 0.1) is 5.92 Å². The molecule has 0 atom stereocenters. The lowest BCUT2D eigenvalue weighted by Crippen LogP contribution is -2.00. The number of hydrogen-bond donors (Lipinski definition) is 0. The molecule has 2 aromatic heterocycles. The van der Waals surface area contributed by atoms with Crippen molar-refractivity contribution in [2.75, 3.05) is 6.61 Å². The van der Waals surface area contributed by atoms with Crippen LogP contribution in [0.4, 0.5) is 0 Å². The van der Waals surface area contributed by atoms with E-state index in [0.717, 1.165) is 40.1 Å². The summed E-state index contributed by atoms with van der Waals surface area (Å²) in [7, 11) is 0. The molecule has 0 spiro atoms. The van der Waals surface area contributed by atoms with Crippen LogP contribution in [0.5, 0.6) is 11.5 Å². The molecule has 4 rings (SSSR count). The van der Waals surface area contributed by atoms with E-state index in [-0.39, 0.29) is 0 Å². The van der Waals surface area contributed by atoms with Gasteiger partial charge in [-0.2, -0.15) is 0 Å². The summed E-state index contributed by atoms with van der Waals surface area (Å²) in [6, 6.07) is 17.4. The number of benzene rings is 2. The first kappa shape index (κ1) is 19.0. The van der Waals surface area contributed by atoms with Crippen LogP contribution < -0.4 is 9.47 Å². The summed E-state index contributed by atoms with van der Waals surface area (Å²) in [5, 5.41) is 0. The minimum absolute atomic E-state index is 0.473. The Balaban J connectivity index is 1.38. The van der Waals surface area contributed by atoms with E-state index < -0.39 is 0 Å². The highest BCUT2D eigenvalue weighted by Crippen LogP contribution is 2.27. The molecule has 0 fully saturated rings. The van der Waals surface area contributed by atoms with E-state index >= 15 is 0 Å². The maximum absolute atomic E-state index is 5.93. The Morgan fingerprint density at radius 2 is 1.79 bits per heavy atom. The average molecular weight is 387 g/mol. The van der Waals surface area contributed by atoms with Crippen LogP contribution in [0.1, 0.15) is 25.8 Å². The molecule has 147 valence electrons. The van der Waals surface area contributed by atoms with E-state index in [1.54, 1.807) is 12.4 Å². The summed E-state index contributed by atoms with van der Waals surface area (Å²) in [6.07, 6.45) is 4.43. The van der Waals surface area contributed by atoms with Gasteiger partial charge in [-0.3, -0.25) is 4.98 Å². The van der Waals surface area contributed by atoms with Gasteiger partial charge in [-0.25, -0.2) is 4.98 Å². The molecule has 1 radical (unpaired) electrons. The summed E-state index contributed by atoms with van der Waals surface area (Å²) in [5.41, 5.74) is 3.40. The molecule has 29 heavy (non-hydrogen) atoms. The lowest BCUT2D eigenvalue weighted by Gasteiger charge is -2.09. The van der Waals surface area contributed by atoms with Gasteiger partial charge in [-0.15, -0.1) is 0 Å². The molecular formula is C24H23N2O3. The van der Waals surface area contributed by atoms with Crippen LogP contribution in [-0.2, 0) is 6.61 Å². The number of ether oxygens (including phenoxy) is 2. The van der Waals surface area contributed by atoms with Gasteiger partial charge in [0.1, 0.15) is 23.6 Å². The van der Waals surface area contributed by atoms with Gasteiger partial charge in [0.15, 0.2) is 5.58 Å². The first-order valence-electron chi connectivity index (χ1n) is 9.62. The minimum atomic E-state index is 0.473. The summed E-state index contributed by atoms with van der Waals surface area (Å²) < 4.78 is 17.5. The number of rotatable bonds is 8. The third-order valence-corrected chi connectivity index (χ3v) is 4.47. The van der Waals surface area contributed by atoms with Gasteiger partial charge in [-0.05, 0) is 54.3 Å². The van der Waals surface area contributed by atoms with E-state index in [9.17, 15) is 0 Å². The van der Waals surface area contributed by atoms with E-state index in [1.807, 2.05) is 54.6 Å². The molecule has 0 aliphatic rings. The van der Waals surface area contributed by atoms with Crippen molar-refractivity contribution in [3.05, 3.63) is 78.5 Å². The number of nitrogens with zero attached hydrogens (tertiary/aromatic N) is 2. The first-order chi connectivity index (χ1) is 14.2. The molecule has 0 aliphatic carbocycles. The minimum Gasteiger partial charge on any atom is -0.494 e. The number of oxazole rings is 1. The molecule has 0 bridgehead atoms. The lowest BCUT2D eigenvalue weighted by molar-refractivity contribution is 0.304. The smallest absolute Gasteiger partial charge is 0.228 e. The van der Waals surface area contributed by atoms with Crippen LogP contribution in [0.15, 0.2) is 71.4 Å². The molecule has 0 saturated heterocycles. The number of pyridine rings is 1. The monoisotopic (exact) mass is 387 g/mol. The zero-order valence-electron chi connectivity index (χ0n) is 16.6. The van der Waals surface area contributed by atoms with E-state index in [1.165, 1.54) is 5.92 Å². The van der Waals surface area contributed by atoms with Crippen molar-refractivity contribution >= 4 is 11.1 Å². The summed E-state index contributed by atoms with van der Waals surface area (Å²) >= 11 is 0. The quantitative estimate of drug-likeness (QED) is 0.379. The summed E-state index contributed by atoms with van der Waals surface area (Å²) in [5.74, 6) is 3.54. The van der Waals surface area contributed by atoms with Crippen molar-refractivity contribution in [1.29, 1.82) is 0 Å². The molecule has 0 N–H and O–H groups in total. The topological polar surface area (TPSA) is 57.4 Å². The highest BCUT2D eigenvalue weighted by atomic mass is 16.5. The fourth-order valence-corrected chi connectivity index (χ4v) is 2.83. The maximum Gasteiger partial charge on any atom is 0.228 e. The standard InChI is InChI=1S/C24H23N2O3/c1-17(2)11-13-27-20-7-5-18(6-8-20)16-28-21-9-10-23-22(14-21)26-24(29-23)19-4-3-12-25-15-19/h3-10,12,14-15H,11,13,16H2,1-2H3. The average Bonchev–Trinajstić information content (AvgIpc) is 3.17. The van der Waals surface area contributed by atoms with Crippen LogP contribution in [0.25, 0.3) is 22.6 Å². The van der Waals surface area contributed by atoms with Crippen molar-refractivity contribution in [1.82, 2.24) is 9.97 Å². The number of fused-ring (bicyclic) bond motifs is 1. The third kappa shape index (κ3) is 4.93. The lowest BCUT2D eigenvalue weighted by atomic mass is 10.1. The Labute approximate surface area is 170 Å². The molecule has 5 heteroatoms. The predicted octanol–water partition coefficient (Wildman–Crippen LogP) is 5.85. The molecule has 0 amide bonds. The van der Waals surface area contributed by atoms with E-state index in [2.05, 4.69) is 23.8 Å². The van der Waals surface area contributed by atoms with E-state index in [0.29, 0.717) is 19.1 Å². The zero-order valence-corrected chi connectivity index (χ0v) is 16.6. The Kier molecular flexibility index (Phi) is 5.75. The second-order valence-electron chi connectivity index (χ2n) is 7.13. The van der Waals surface area contributed by atoms with Gasteiger partial charge in [0, 0.05) is 18.5 Å². The predicted molar refractivity (Wildman–Crippen MR) is 113 cm³/mol. The van der Waals surface area contributed by atoms with Gasteiger partial charge in [0.2, 0.25) is 5.89 Å². The molecule has 0 unspecified atom stereocenters. The van der Waals surface area contributed by atoms with Crippen molar-refractivity contribution in [3.63, 3.8) is 0 Å². The highest BCUT2D eigenvalue weighted by Gasteiger charge is 2.09. The molecular weight excluding hydrogens is 364 g/mol. The molecule has 5 nitrogen and oxygen atoms in total. The van der Waals surface area contributed by atoms with Crippen molar-refractivity contribution in [2.24, 2.45) is 0 Å². The van der Waals surface area contributed by atoms with Gasteiger partial charge in [0.25, 0.3) is 0 Å². The summed E-state index contributed by atoms with van der Waals surface area (Å²) in [4.78, 5) is 8.65. The molecule has 2 aromatic carbocycles. The molecule has 0 aliphatic heterocycles. The fraction of sp³-hybridized carbons (Fsp3) is 0.208. The number of hydrogen-bond acceptors (Lipinski definition) is 5. The van der Waals surface area contributed by atoms with Gasteiger partial charge in [-0.1, -0.05) is 26.0 Å². The normalized spacial score (nSPS) is 11.1. The van der Waals surface area contributed by atoms with Crippen LogP contribution >= 0.6 is 0 Å². The SMILES string of the molecule is C[C](C)CCOc1ccc(COc2ccc3oc(-c4cccnc4)nc3c2)cc1. The molecule has 2 heterocycles. The Morgan fingerprint density at radius 1 is 0.966 bits per heavy atom. The first-order valence-corrected chi connectivity index (χ1v) is 9.62. The third-order valence-electron chi connectivity index (χ3n) is 4.47. The zero-order chi connectivity index (χ0) is 20.1. The van der Waals surface area contributed by atoms with Gasteiger partial charge < -0.3 is 13.9 Å². The van der Waals surface area contributed by atoms with Gasteiger partial charge >= 0.3 is 0 Å². The molecule has 0 saturated carbocycles. The van der Waals surface area contributed by atoms with Crippen molar-refractivity contribution < 1.29 is 13.9 Å². The van der Waals surface area contributed by atoms with Crippen LogP contribution in [0.2, 0.25) is 0 Å². The van der Waals surface area contributed by atoms with E-state index in [4.69, 9.17) is 13.9 Å². The van der Waals surface area contributed by atoms with Crippen molar-refractivity contribution in [3.8, 4) is 23.0 Å². The largest absolute Gasteiger partial charge is 0.494 e. The fourth-order valence-electron chi connectivity index (χ4n) is 2.83. The van der Waals surface area contributed by atoms with Crippen LogP contribution in [0.3, 0.4) is 0 Å². The Hall–Kier alpha value is -3.34. The van der Waals surface area contributed by atoms with Crippen molar-refractivity contribution in [2.45, 2.75) is 26.9 Å². The van der Waals surface area contributed by atoms with Gasteiger partial charge in [0.05, 0.1) is 12.2 Å². The molecule has 4 aromatic rings. The van der Waals surface area contributed by atoms with Crippen LogP contribution in [-0.4, -0.2) is 16.6 Å².